The molecule has 160 valence electrons. The van der Waals surface area contributed by atoms with E-state index in [-0.39, 0.29) is 23.7 Å². The van der Waals surface area contributed by atoms with Gasteiger partial charge >= 0.3 is 0 Å². The summed E-state index contributed by atoms with van der Waals surface area (Å²) in [4.78, 5) is 19.3. The molecule has 0 atom stereocenters. The lowest BCUT2D eigenvalue weighted by atomic mass is 10.0. The third kappa shape index (κ3) is 4.45. The zero-order valence-corrected chi connectivity index (χ0v) is 17.2. The van der Waals surface area contributed by atoms with Crippen LogP contribution in [0.1, 0.15) is 21.5 Å². The number of benzene rings is 3. The molecule has 1 aromatic heterocycles. The van der Waals surface area contributed by atoms with Crippen LogP contribution in [0.2, 0.25) is 0 Å². The minimum Gasteiger partial charge on any atom is -0.508 e. The van der Waals surface area contributed by atoms with E-state index in [1.165, 1.54) is 12.1 Å². The molecule has 1 heterocycles. The number of phenols is 2. The topological polar surface area (TPSA) is 93.9 Å². The molecule has 0 bridgehead atoms. The average molecular weight is 426 g/mol. The molecule has 32 heavy (non-hydrogen) atoms. The summed E-state index contributed by atoms with van der Waals surface area (Å²) in [5.74, 6) is -0.799. The monoisotopic (exact) mass is 426 g/mol. The average Bonchev–Trinajstić information content (AvgIpc) is 2.83. The number of carbonyl (C=O) groups is 1. The Morgan fingerprint density at radius 2 is 1.62 bits per heavy atom. The maximum absolute atomic E-state index is 13.4. The number of aromatic hydroxyl groups is 2. The van der Waals surface area contributed by atoms with Crippen LogP contribution in [0.25, 0.3) is 11.3 Å². The van der Waals surface area contributed by atoms with Crippen LogP contribution in [0.5, 0.6) is 11.5 Å². The number of hydrogen-bond acceptors (Lipinski definition) is 5. The SMILES string of the molecule is O=C(c1ccc(O)cc1O)N(Cc1ccccc1)c1ccc(-c2ncccc2CO)cc1. The number of nitrogens with zero attached hydrogens (tertiary/aromatic N) is 2. The van der Waals surface area contributed by atoms with Gasteiger partial charge in [0.15, 0.2) is 0 Å². The number of amides is 1. The lowest BCUT2D eigenvalue weighted by molar-refractivity contribution is 0.0982. The van der Waals surface area contributed by atoms with Crippen LogP contribution in [0, 0.1) is 0 Å². The second kappa shape index (κ2) is 9.32. The summed E-state index contributed by atoms with van der Waals surface area (Å²) >= 11 is 0. The van der Waals surface area contributed by atoms with Crippen LogP contribution in [0.4, 0.5) is 5.69 Å². The van der Waals surface area contributed by atoms with Crippen LogP contribution >= 0.6 is 0 Å². The van der Waals surface area contributed by atoms with Crippen molar-refractivity contribution in [1.29, 1.82) is 0 Å². The van der Waals surface area contributed by atoms with Crippen LogP contribution < -0.4 is 4.90 Å². The van der Waals surface area contributed by atoms with Gasteiger partial charge in [-0.3, -0.25) is 9.78 Å². The number of carbonyl (C=O) groups excluding carboxylic acids is 1. The molecule has 4 rings (SSSR count). The second-order valence-electron chi connectivity index (χ2n) is 7.29. The van der Waals surface area contributed by atoms with Gasteiger partial charge in [0.05, 0.1) is 24.4 Å². The first-order valence-electron chi connectivity index (χ1n) is 10.1. The highest BCUT2D eigenvalue weighted by molar-refractivity contribution is 6.08. The lowest BCUT2D eigenvalue weighted by Gasteiger charge is -2.24. The normalized spacial score (nSPS) is 10.7. The highest BCUT2D eigenvalue weighted by atomic mass is 16.3. The molecule has 6 heteroatoms. The van der Waals surface area contributed by atoms with Gasteiger partial charge < -0.3 is 20.2 Å². The molecular formula is C26H22N2O4. The van der Waals surface area contributed by atoms with Gasteiger partial charge in [-0.15, -0.1) is 0 Å². The summed E-state index contributed by atoms with van der Waals surface area (Å²) in [6.07, 6.45) is 1.67. The molecule has 0 saturated heterocycles. The van der Waals surface area contributed by atoms with Crippen molar-refractivity contribution in [2.75, 3.05) is 4.90 Å². The van der Waals surface area contributed by atoms with Crippen molar-refractivity contribution in [3.63, 3.8) is 0 Å². The van der Waals surface area contributed by atoms with E-state index in [1.54, 1.807) is 17.2 Å². The molecule has 0 saturated carbocycles. The van der Waals surface area contributed by atoms with Crippen LogP contribution in [0.15, 0.2) is 91.1 Å². The number of pyridine rings is 1. The maximum atomic E-state index is 13.4. The molecule has 0 unspecified atom stereocenters. The van der Waals surface area contributed by atoms with E-state index >= 15 is 0 Å². The van der Waals surface area contributed by atoms with E-state index in [4.69, 9.17) is 0 Å². The van der Waals surface area contributed by atoms with Crippen molar-refractivity contribution in [3.05, 3.63) is 108 Å². The highest BCUT2D eigenvalue weighted by Gasteiger charge is 2.21. The third-order valence-corrected chi connectivity index (χ3v) is 5.15. The summed E-state index contributed by atoms with van der Waals surface area (Å²) in [5, 5.41) is 29.4. The van der Waals surface area contributed by atoms with Crippen molar-refractivity contribution in [1.82, 2.24) is 4.98 Å². The van der Waals surface area contributed by atoms with E-state index in [1.807, 2.05) is 60.7 Å². The molecule has 3 N–H and O–H groups in total. The summed E-state index contributed by atoms with van der Waals surface area (Å²) < 4.78 is 0. The van der Waals surface area contributed by atoms with Gasteiger partial charge in [0, 0.05) is 29.1 Å². The Labute approximate surface area is 185 Å². The number of anilines is 1. The second-order valence-corrected chi connectivity index (χ2v) is 7.29. The van der Waals surface area contributed by atoms with Crippen molar-refractivity contribution in [2.24, 2.45) is 0 Å². The Morgan fingerprint density at radius 1 is 0.875 bits per heavy atom. The first kappa shape index (κ1) is 21.1. The van der Waals surface area contributed by atoms with Crippen LogP contribution in [-0.4, -0.2) is 26.2 Å². The Morgan fingerprint density at radius 3 is 2.31 bits per heavy atom. The number of rotatable bonds is 6. The highest BCUT2D eigenvalue weighted by Crippen LogP contribution is 2.29. The number of phenolic OH excluding ortho intramolecular Hbond substituents is 2. The Hall–Kier alpha value is -4.16. The van der Waals surface area contributed by atoms with Gasteiger partial charge in [-0.2, -0.15) is 0 Å². The van der Waals surface area contributed by atoms with Gasteiger partial charge in [-0.25, -0.2) is 0 Å². The van der Waals surface area contributed by atoms with Gasteiger partial charge in [-0.05, 0) is 35.9 Å². The molecule has 0 aliphatic heterocycles. The zero-order valence-electron chi connectivity index (χ0n) is 17.2. The Bertz CT molecular complexity index is 1220. The summed E-state index contributed by atoms with van der Waals surface area (Å²) in [6, 6.07) is 24.4. The molecule has 0 radical (unpaired) electrons. The standard InChI is InChI=1S/C26H22N2O4/c29-17-20-7-4-14-27-25(20)19-8-10-21(11-9-19)28(16-18-5-2-1-3-6-18)26(32)23-13-12-22(30)15-24(23)31/h1-15,29-31H,16-17H2. The Kier molecular flexibility index (Phi) is 6.14. The maximum Gasteiger partial charge on any atom is 0.262 e. The lowest BCUT2D eigenvalue weighted by Crippen LogP contribution is -2.30. The first-order chi connectivity index (χ1) is 15.6. The van der Waals surface area contributed by atoms with E-state index in [2.05, 4.69) is 4.98 Å². The molecular weight excluding hydrogens is 404 g/mol. The van der Waals surface area contributed by atoms with Gasteiger partial charge in [0.25, 0.3) is 5.91 Å². The minimum atomic E-state index is -0.395. The fourth-order valence-corrected chi connectivity index (χ4v) is 3.52. The van der Waals surface area contributed by atoms with Crippen LogP contribution in [-0.2, 0) is 13.2 Å². The van der Waals surface area contributed by atoms with Crippen molar-refractivity contribution >= 4 is 11.6 Å². The molecule has 6 nitrogen and oxygen atoms in total. The fourth-order valence-electron chi connectivity index (χ4n) is 3.52. The van der Waals surface area contributed by atoms with Gasteiger partial charge in [-0.1, -0.05) is 48.5 Å². The molecule has 0 spiro atoms. The van der Waals surface area contributed by atoms with Crippen LogP contribution in [0.3, 0.4) is 0 Å². The van der Waals surface area contributed by atoms with Crippen molar-refractivity contribution in [3.8, 4) is 22.8 Å². The fraction of sp³-hybridized carbons (Fsp3) is 0.0769. The third-order valence-electron chi connectivity index (χ3n) is 5.15. The quantitative estimate of drug-likeness (QED) is 0.422. The number of aromatic nitrogens is 1. The summed E-state index contributed by atoms with van der Waals surface area (Å²) in [6.45, 7) is 0.175. The molecule has 3 aromatic carbocycles. The summed E-state index contributed by atoms with van der Waals surface area (Å²) in [5.41, 5.74) is 3.87. The molecule has 0 fully saturated rings. The van der Waals surface area contributed by atoms with E-state index in [0.29, 0.717) is 23.5 Å². The zero-order chi connectivity index (χ0) is 22.5. The first-order valence-corrected chi connectivity index (χ1v) is 10.1. The van der Waals surface area contributed by atoms with Gasteiger partial charge in [0.2, 0.25) is 0 Å². The smallest absolute Gasteiger partial charge is 0.262 e. The van der Waals surface area contributed by atoms with Gasteiger partial charge in [0.1, 0.15) is 11.5 Å². The predicted molar refractivity (Wildman–Crippen MR) is 122 cm³/mol. The van der Waals surface area contributed by atoms with Crippen molar-refractivity contribution in [2.45, 2.75) is 13.2 Å². The molecule has 0 aliphatic carbocycles. The molecule has 4 aromatic rings. The number of aliphatic hydroxyl groups excluding tert-OH is 1. The predicted octanol–water partition coefficient (Wildman–Crippen LogP) is 4.50. The minimum absolute atomic E-state index is 0.0927. The molecule has 0 aliphatic rings. The summed E-state index contributed by atoms with van der Waals surface area (Å²) in [7, 11) is 0. The largest absolute Gasteiger partial charge is 0.508 e. The van der Waals surface area contributed by atoms with E-state index in [0.717, 1.165) is 17.2 Å². The van der Waals surface area contributed by atoms with Crippen molar-refractivity contribution < 1.29 is 20.1 Å². The van der Waals surface area contributed by atoms with E-state index in [9.17, 15) is 20.1 Å². The number of hydrogen-bond donors (Lipinski definition) is 3. The Balaban J connectivity index is 1.72. The molecule has 1 amide bonds. The van der Waals surface area contributed by atoms with E-state index < -0.39 is 5.91 Å². The number of aliphatic hydroxyl groups is 1.